The van der Waals surface area contributed by atoms with E-state index in [9.17, 15) is 0 Å². The van der Waals surface area contributed by atoms with E-state index in [4.69, 9.17) is 0 Å². The molecule has 3 atom stereocenters. The third-order valence-corrected chi connectivity index (χ3v) is 4.54. The van der Waals surface area contributed by atoms with Crippen molar-refractivity contribution in [2.45, 2.75) is 58.7 Å². The fraction of sp³-hybridized carbons (Fsp3) is 0.706. The summed E-state index contributed by atoms with van der Waals surface area (Å²) in [5, 5.41) is 3.73. The number of nitrogens with one attached hydrogen (secondary N) is 1. The highest BCUT2D eigenvalue weighted by atomic mass is 15.3. The lowest BCUT2D eigenvalue weighted by molar-refractivity contribution is 0.0596. The summed E-state index contributed by atoms with van der Waals surface area (Å²) < 4.78 is 0. The molecule has 0 saturated carbocycles. The van der Waals surface area contributed by atoms with Crippen molar-refractivity contribution >= 4 is 0 Å². The number of nitrogens with zero attached hydrogens (tertiary/aromatic N) is 2. The van der Waals surface area contributed by atoms with Crippen LogP contribution in [0.2, 0.25) is 0 Å². The number of rotatable bonds is 5. The number of aromatic nitrogens is 1. The van der Waals surface area contributed by atoms with Gasteiger partial charge in [0.25, 0.3) is 0 Å². The second-order valence-corrected chi connectivity index (χ2v) is 6.36. The molecule has 20 heavy (non-hydrogen) atoms. The Labute approximate surface area is 123 Å². The van der Waals surface area contributed by atoms with Crippen LogP contribution in [0.1, 0.15) is 52.1 Å². The van der Waals surface area contributed by atoms with E-state index in [0.717, 1.165) is 13.1 Å². The van der Waals surface area contributed by atoms with Gasteiger partial charge >= 0.3 is 0 Å². The van der Waals surface area contributed by atoms with E-state index in [-0.39, 0.29) is 0 Å². The highest BCUT2D eigenvalue weighted by Crippen LogP contribution is 2.27. The van der Waals surface area contributed by atoms with Gasteiger partial charge in [-0.25, -0.2) is 0 Å². The van der Waals surface area contributed by atoms with Gasteiger partial charge in [-0.1, -0.05) is 33.3 Å². The standard InChI is InChI=1S/C17H29N3/c1-5-7-16-12-20(17(11-19-16)13(2)3)14(4)15-8-6-9-18-10-15/h6,8-10,13-14,16-17,19H,5,7,11-12H2,1-4H3. The van der Waals surface area contributed by atoms with Gasteiger partial charge in [0.2, 0.25) is 0 Å². The van der Waals surface area contributed by atoms with Crippen LogP contribution in [-0.4, -0.2) is 35.1 Å². The maximum Gasteiger partial charge on any atom is 0.0339 e. The molecule has 1 aliphatic rings. The van der Waals surface area contributed by atoms with Crippen LogP contribution in [-0.2, 0) is 0 Å². The molecule has 3 nitrogen and oxygen atoms in total. The van der Waals surface area contributed by atoms with Gasteiger partial charge in [-0.15, -0.1) is 0 Å². The zero-order valence-electron chi connectivity index (χ0n) is 13.3. The minimum atomic E-state index is 0.442. The third-order valence-electron chi connectivity index (χ3n) is 4.54. The molecule has 1 aliphatic heterocycles. The number of hydrogen-bond donors (Lipinski definition) is 1. The Hall–Kier alpha value is -0.930. The SMILES string of the molecule is CCCC1CN(C(C)c2cccnc2)C(C(C)C)CN1. The number of piperazine rings is 1. The lowest BCUT2D eigenvalue weighted by Crippen LogP contribution is -2.58. The summed E-state index contributed by atoms with van der Waals surface area (Å²) in [5.74, 6) is 0.671. The maximum absolute atomic E-state index is 4.28. The molecule has 1 aromatic heterocycles. The smallest absolute Gasteiger partial charge is 0.0339 e. The summed E-state index contributed by atoms with van der Waals surface area (Å²) in [6, 6.07) is 5.93. The van der Waals surface area contributed by atoms with Crippen LogP contribution in [0.15, 0.2) is 24.5 Å². The van der Waals surface area contributed by atoms with E-state index < -0.39 is 0 Å². The monoisotopic (exact) mass is 275 g/mol. The maximum atomic E-state index is 4.28. The first kappa shape index (κ1) is 15.5. The summed E-state index contributed by atoms with van der Waals surface area (Å²) in [5.41, 5.74) is 1.33. The van der Waals surface area contributed by atoms with Crippen molar-refractivity contribution < 1.29 is 0 Å². The molecule has 0 radical (unpaired) electrons. The number of hydrogen-bond acceptors (Lipinski definition) is 3. The summed E-state index contributed by atoms with van der Waals surface area (Å²) in [6.07, 6.45) is 6.38. The van der Waals surface area contributed by atoms with Gasteiger partial charge in [0, 0.05) is 43.6 Å². The molecule has 0 bridgehead atoms. The topological polar surface area (TPSA) is 28.2 Å². The molecule has 3 heteroatoms. The van der Waals surface area contributed by atoms with Gasteiger partial charge in [-0.2, -0.15) is 0 Å². The zero-order chi connectivity index (χ0) is 14.5. The van der Waals surface area contributed by atoms with E-state index >= 15 is 0 Å². The first-order chi connectivity index (χ1) is 9.63. The quantitative estimate of drug-likeness (QED) is 0.894. The average Bonchev–Trinajstić information content (AvgIpc) is 2.47. The molecule has 2 heterocycles. The molecule has 112 valence electrons. The van der Waals surface area contributed by atoms with Gasteiger partial charge in [0.05, 0.1) is 0 Å². The van der Waals surface area contributed by atoms with Crippen LogP contribution in [0.4, 0.5) is 0 Å². The second-order valence-electron chi connectivity index (χ2n) is 6.36. The van der Waals surface area contributed by atoms with Gasteiger partial charge < -0.3 is 5.32 Å². The van der Waals surface area contributed by atoms with Crippen molar-refractivity contribution in [1.29, 1.82) is 0 Å². The van der Waals surface area contributed by atoms with Gasteiger partial charge in [-0.05, 0) is 30.9 Å². The van der Waals surface area contributed by atoms with Crippen molar-refractivity contribution in [3.63, 3.8) is 0 Å². The van der Waals surface area contributed by atoms with Gasteiger partial charge in [0.15, 0.2) is 0 Å². The summed E-state index contributed by atoms with van der Waals surface area (Å²) in [4.78, 5) is 6.96. The van der Waals surface area contributed by atoms with E-state index in [2.05, 4.69) is 49.0 Å². The minimum absolute atomic E-state index is 0.442. The Kier molecular flexibility index (Phi) is 5.55. The first-order valence-corrected chi connectivity index (χ1v) is 8.02. The van der Waals surface area contributed by atoms with Crippen molar-refractivity contribution in [2.24, 2.45) is 5.92 Å². The minimum Gasteiger partial charge on any atom is -0.311 e. The normalized spacial score (nSPS) is 25.9. The molecule has 3 unspecified atom stereocenters. The third kappa shape index (κ3) is 3.58. The molecule has 2 rings (SSSR count). The lowest BCUT2D eigenvalue weighted by atomic mass is 9.94. The van der Waals surface area contributed by atoms with Gasteiger partial charge in [0.1, 0.15) is 0 Å². The largest absolute Gasteiger partial charge is 0.311 e. The molecule has 1 aromatic rings. The first-order valence-electron chi connectivity index (χ1n) is 8.02. The van der Waals surface area contributed by atoms with E-state index in [1.54, 1.807) is 0 Å². The predicted octanol–water partition coefficient (Wildman–Crippen LogP) is 3.24. The highest BCUT2D eigenvalue weighted by Gasteiger charge is 2.32. The molecular formula is C17H29N3. The highest BCUT2D eigenvalue weighted by molar-refractivity contribution is 5.14. The van der Waals surface area contributed by atoms with Crippen LogP contribution in [0.3, 0.4) is 0 Å². The average molecular weight is 275 g/mol. The van der Waals surface area contributed by atoms with E-state index in [1.807, 2.05) is 18.5 Å². The molecule has 0 amide bonds. The second kappa shape index (κ2) is 7.19. The molecule has 1 saturated heterocycles. The molecule has 0 spiro atoms. The molecule has 0 aliphatic carbocycles. The van der Waals surface area contributed by atoms with Crippen LogP contribution in [0.25, 0.3) is 0 Å². The van der Waals surface area contributed by atoms with Crippen molar-refractivity contribution in [2.75, 3.05) is 13.1 Å². The van der Waals surface area contributed by atoms with Crippen LogP contribution in [0.5, 0.6) is 0 Å². The van der Waals surface area contributed by atoms with E-state index in [0.29, 0.717) is 24.0 Å². The predicted molar refractivity (Wildman–Crippen MR) is 84.7 cm³/mol. The van der Waals surface area contributed by atoms with Crippen LogP contribution >= 0.6 is 0 Å². The Morgan fingerprint density at radius 1 is 1.40 bits per heavy atom. The Morgan fingerprint density at radius 2 is 2.20 bits per heavy atom. The lowest BCUT2D eigenvalue weighted by Gasteiger charge is -2.45. The molecule has 1 fully saturated rings. The van der Waals surface area contributed by atoms with E-state index in [1.165, 1.54) is 18.4 Å². The van der Waals surface area contributed by atoms with Crippen LogP contribution < -0.4 is 5.32 Å². The zero-order valence-corrected chi connectivity index (χ0v) is 13.3. The van der Waals surface area contributed by atoms with Crippen molar-refractivity contribution in [1.82, 2.24) is 15.2 Å². The Morgan fingerprint density at radius 3 is 2.80 bits per heavy atom. The fourth-order valence-corrected chi connectivity index (χ4v) is 3.28. The molecular weight excluding hydrogens is 246 g/mol. The van der Waals surface area contributed by atoms with Crippen LogP contribution in [0, 0.1) is 5.92 Å². The summed E-state index contributed by atoms with van der Waals surface area (Å²) in [7, 11) is 0. The Balaban J connectivity index is 2.14. The number of pyridine rings is 1. The fourth-order valence-electron chi connectivity index (χ4n) is 3.28. The van der Waals surface area contributed by atoms with Crippen molar-refractivity contribution in [3.05, 3.63) is 30.1 Å². The Bertz CT molecular complexity index is 390. The van der Waals surface area contributed by atoms with Gasteiger partial charge in [-0.3, -0.25) is 9.88 Å². The molecule has 0 aromatic carbocycles. The molecule has 1 N–H and O–H groups in total. The summed E-state index contributed by atoms with van der Waals surface area (Å²) in [6.45, 7) is 11.5. The summed E-state index contributed by atoms with van der Waals surface area (Å²) >= 11 is 0. The van der Waals surface area contributed by atoms with Crippen molar-refractivity contribution in [3.8, 4) is 0 Å².